The first-order valence-corrected chi connectivity index (χ1v) is 4.01. The lowest BCUT2D eigenvalue weighted by Crippen LogP contribution is -2.58. The molecule has 6 heteroatoms. The standard InChI is InChI=1S/C7H13N3O3/c1-4(2-11)7(3-8)5(12)9-6(13)10-7/h4,11H,2-3,8H2,1H3,(H2,9,10,12,13). The van der Waals surface area contributed by atoms with Crippen LogP contribution in [0.1, 0.15) is 6.92 Å². The molecule has 74 valence electrons. The van der Waals surface area contributed by atoms with Crippen molar-refractivity contribution in [1.82, 2.24) is 10.6 Å². The summed E-state index contributed by atoms with van der Waals surface area (Å²) < 4.78 is 0. The van der Waals surface area contributed by atoms with Gasteiger partial charge in [0, 0.05) is 19.1 Å². The average molecular weight is 187 g/mol. The highest BCUT2D eigenvalue weighted by Crippen LogP contribution is 2.19. The molecule has 6 nitrogen and oxygen atoms in total. The molecule has 1 aliphatic heterocycles. The summed E-state index contributed by atoms with van der Waals surface area (Å²) in [4.78, 5) is 22.2. The molecule has 1 saturated heterocycles. The Kier molecular flexibility index (Phi) is 2.53. The van der Waals surface area contributed by atoms with Crippen molar-refractivity contribution < 1.29 is 14.7 Å². The number of aliphatic hydroxyl groups excluding tert-OH is 1. The van der Waals surface area contributed by atoms with Crippen molar-refractivity contribution in [2.24, 2.45) is 11.7 Å². The number of urea groups is 1. The Morgan fingerprint density at radius 2 is 2.23 bits per heavy atom. The SMILES string of the molecule is CC(CO)C1(CN)NC(=O)NC1=O. The molecule has 1 fully saturated rings. The molecule has 0 aromatic heterocycles. The number of amides is 3. The monoisotopic (exact) mass is 187 g/mol. The van der Waals surface area contributed by atoms with Gasteiger partial charge in [-0.25, -0.2) is 4.79 Å². The fourth-order valence-corrected chi connectivity index (χ4v) is 1.35. The average Bonchev–Trinajstić information content (AvgIpc) is 2.40. The zero-order valence-corrected chi connectivity index (χ0v) is 7.33. The molecular formula is C7H13N3O3. The molecule has 0 bridgehead atoms. The number of hydrogen-bond donors (Lipinski definition) is 4. The van der Waals surface area contributed by atoms with Gasteiger partial charge in [-0.2, -0.15) is 0 Å². The summed E-state index contributed by atoms with van der Waals surface area (Å²) in [6.07, 6.45) is 0. The second-order valence-corrected chi connectivity index (χ2v) is 3.17. The highest BCUT2D eigenvalue weighted by atomic mass is 16.3. The van der Waals surface area contributed by atoms with E-state index in [1.807, 2.05) is 0 Å². The number of hydrogen-bond acceptors (Lipinski definition) is 4. The van der Waals surface area contributed by atoms with Gasteiger partial charge in [-0.1, -0.05) is 6.92 Å². The van der Waals surface area contributed by atoms with Gasteiger partial charge >= 0.3 is 6.03 Å². The molecule has 1 rings (SSSR count). The molecule has 1 heterocycles. The molecule has 0 aromatic carbocycles. The number of imide groups is 1. The predicted octanol–water partition coefficient (Wildman–Crippen LogP) is -1.85. The Labute approximate surface area is 75.5 Å². The number of nitrogens with two attached hydrogens (primary N) is 1. The molecule has 5 N–H and O–H groups in total. The van der Waals surface area contributed by atoms with Crippen LogP contribution in [0, 0.1) is 5.92 Å². The van der Waals surface area contributed by atoms with Crippen molar-refractivity contribution in [2.75, 3.05) is 13.2 Å². The van der Waals surface area contributed by atoms with E-state index in [1.54, 1.807) is 6.92 Å². The molecule has 0 saturated carbocycles. The first-order valence-electron chi connectivity index (χ1n) is 4.01. The lowest BCUT2D eigenvalue weighted by atomic mass is 9.86. The lowest BCUT2D eigenvalue weighted by molar-refractivity contribution is -0.125. The van der Waals surface area contributed by atoms with Crippen molar-refractivity contribution in [3.8, 4) is 0 Å². The van der Waals surface area contributed by atoms with Gasteiger partial charge in [-0.05, 0) is 0 Å². The Morgan fingerprint density at radius 3 is 2.54 bits per heavy atom. The second kappa shape index (κ2) is 3.31. The molecule has 13 heavy (non-hydrogen) atoms. The molecule has 0 spiro atoms. The zero-order chi connectivity index (χ0) is 10.1. The van der Waals surface area contributed by atoms with Crippen molar-refractivity contribution >= 4 is 11.9 Å². The first-order chi connectivity index (χ1) is 6.06. The van der Waals surface area contributed by atoms with Crippen LogP contribution in [0.3, 0.4) is 0 Å². The van der Waals surface area contributed by atoms with Crippen LogP contribution in [-0.2, 0) is 4.79 Å². The van der Waals surface area contributed by atoms with E-state index in [9.17, 15) is 9.59 Å². The minimum absolute atomic E-state index is 0.0215. The third-order valence-corrected chi connectivity index (χ3v) is 2.41. The Morgan fingerprint density at radius 1 is 1.62 bits per heavy atom. The largest absolute Gasteiger partial charge is 0.396 e. The molecule has 2 atom stereocenters. The van der Waals surface area contributed by atoms with Crippen molar-refractivity contribution in [3.63, 3.8) is 0 Å². The topological polar surface area (TPSA) is 104 Å². The molecule has 0 aliphatic carbocycles. The number of carbonyl (C=O) groups is 2. The second-order valence-electron chi connectivity index (χ2n) is 3.17. The maximum Gasteiger partial charge on any atom is 0.322 e. The van der Waals surface area contributed by atoms with E-state index >= 15 is 0 Å². The minimum Gasteiger partial charge on any atom is -0.396 e. The molecule has 2 unspecified atom stereocenters. The molecule has 0 radical (unpaired) electrons. The van der Waals surface area contributed by atoms with Gasteiger partial charge in [0.2, 0.25) is 0 Å². The van der Waals surface area contributed by atoms with Gasteiger partial charge in [-0.15, -0.1) is 0 Å². The van der Waals surface area contributed by atoms with Crippen LogP contribution in [0.2, 0.25) is 0 Å². The summed E-state index contributed by atoms with van der Waals surface area (Å²) in [5, 5.41) is 13.4. The maximum atomic E-state index is 11.4. The third kappa shape index (κ3) is 1.38. The van der Waals surface area contributed by atoms with Crippen molar-refractivity contribution in [1.29, 1.82) is 0 Å². The van der Waals surface area contributed by atoms with Gasteiger partial charge in [0.1, 0.15) is 5.54 Å². The number of rotatable bonds is 3. The van der Waals surface area contributed by atoms with E-state index in [2.05, 4.69) is 10.6 Å². The van der Waals surface area contributed by atoms with E-state index in [0.717, 1.165) is 0 Å². The smallest absolute Gasteiger partial charge is 0.322 e. The quantitative estimate of drug-likeness (QED) is 0.389. The third-order valence-electron chi connectivity index (χ3n) is 2.41. The van der Waals surface area contributed by atoms with Gasteiger partial charge in [-0.3, -0.25) is 10.1 Å². The van der Waals surface area contributed by atoms with Gasteiger partial charge < -0.3 is 16.2 Å². The predicted molar refractivity (Wildman–Crippen MR) is 44.7 cm³/mol. The lowest BCUT2D eigenvalue weighted by Gasteiger charge is -2.29. The summed E-state index contributed by atoms with van der Waals surface area (Å²) in [5.41, 5.74) is 4.26. The first kappa shape index (κ1) is 9.94. The highest BCUT2D eigenvalue weighted by Gasteiger charge is 2.48. The Bertz CT molecular complexity index is 243. The van der Waals surface area contributed by atoms with Crippen LogP contribution < -0.4 is 16.4 Å². The van der Waals surface area contributed by atoms with Crippen LogP contribution in [0.25, 0.3) is 0 Å². The number of aliphatic hydroxyl groups is 1. The highest BCUT2D eigenvalue weighted by molar-refractivity contribution is 6.07. The molecule has 1 aliphatic rings. The molecular weight excluding hydrogens is 174 g/mol. The summed E-state index contributed by atoms with van der Waals surface area (Å²) in [5.74, 6) is -0.870. The van der Waals surface area contributed by atoms with E-state index in [-0.39, 0.29) is 13.2 Å². The van der Waals surface area contributed by atoms with E-state index in [0.29, 0.717) is 0 Å². The zero-order valence-electron chi connectivity index (χ0n) is 7.33. The van der Waals surface area contributed by atoms with E-state index in [1.165, 1.54) is 0 Å². The van der Waals surface area contributed by atoms with E-state index < -0.39 is 23.4 Å². The summed E-state index contributed by atoms with van der Waals surface area (Å²) in [6.45, 7) is 1.43. The van der Waals surface area contributed by atoms with Crippen molar-refractivity contribution in [2.45, 2.75) is 12.5 Å². The summed E-state index contributed by atoms with van der Waals surface area (Å²) in [6, 6.07) is -0.559. The fourth-order valence-electron chi connectivity index (χ4n) is 1.35. The Balaban J connectivity index is 2.93. The summed E-state index contributed by atoms with van der Waals surface area (Å²) >= 11 is 0. The minimum atomic E-state index is -1.15. The molecule has 0 aromatic rings. The fraction of sp³-hybridized carbons (Fsp3) is 0.714. The normalized spacial score (nSPS) is 29.8. The molecule has 3 amide bonds. The van der Waals surface area contributed by atoms with E-state index in [4.69, 9.17) is 10.8 Å². The van der Waals surface area contributed by atoms with Gasteiger partial charge in [0.05, 0.1) is 0 Å². The summed E-state index contributed by atoms with van der Waals surface area (Å²) in [7, 11) is 0. The van der Waals surface area contributed by atoms with Crippen LogP contribution in [0.5, 0.6) is 0 Å². The number of nitrogens with one attached hydrogen (secondary N) is 2. The maximum absolute atomic E-state index is 11.4. The van der Waals surface area contributed by atoms with Gasteiger partial charge in [0.25, 0.3) is 5.91 Å². The number of carbonyl (C=O) groups excluding carboxylic acids is 2. The van der Waals surface area contributed by atoms with Crippen LogP contribution in [0.15, 0.2) is 0 Å². The van der Waals surface area contributed by atoms with Crippen LogP contribution in [0.4, 0.5) is 4.79 Å². The van der Waals surface area contributed by atoms with Crippen LogP contribution >= 0.6 is 0 Å². The van der Waals surface area contributed by atoms with Gasteiger partial charge in [0.15, 0.2) is 0 Å². The Hall–Kier alpha value is -1.14. The van der Waals surface area contributed by atoms with Crippen LogP contribution in [-0.4, -0.2) is 35.7 Å². The van der Waals surface area contributed by atoms with Crippen molar-refractivity contribution in [3.05, 3.63) is 0 Å².